The number of nitrogens with zero attached hydrogens (tertiary/aromatic N) is 4. The van der Waals surface area contributed by atoms with Crippen LogP contribution >= 0.6 is 11.6 Å². The Labute approximate surface area is 150 Å². The fraction of sp³-hybridized carbons (Fsp3) is 0.316. The molecule has 6 heteroatoms. The zero-order chi connectivity index (χ0) is 17.4. The number of hydrogen-bond donors (Lipinski definition) is 0. The van der Waals surface area contributed by atoms with Gasteiger partial charge in [0, 0.05) is 30.5 Å². The van der Waals surface area contributed by atoms with Gasteiger partial charge in [-0.1, -0.05) is 17.7 Å². The molecule has 2 aromatic heterocycles. The van der Waals surface area contributed by atoms with Gasteiger partial charge in [0.05, 0.1) is 16.6 Å². The molecule has 0 atom stereocenters. The Morgan fingerprint density at radius 3 is 2.72 bits per heavy atom. The van der Waals surface area contributed by atoms with E-state index in [1.54, 1.807) is 17.0 Å². The van der Waals surface area contributed by atoms with Gasteiger partial charge >= 0.3 is 0 Å². The van der Waals surface area contributed by atoms with Crippen LogP contribution in [0.5, 0.6) is 0 Å². The van der Waals surface area contributed by atoms with Gasteiger partial charge in [-0.3, -0.25) is 9.36 Å². The molecule has 4 rings (SSSR count). The Morgan fingerprint density at radius 2 is 1.92 bits per heavy atom. The van der Waals surface area contributed by atoms with Crippen molar-refractivity contribution in [3.05, 3.63) is 57.6 Å². The van der Waals surface area contributed by atoms with Crippen molar-refractivity contribution in [3.63, 3.8) is 0 Å². The average Bonchev–Trinajstić information content (AvgIpc) is 2.65. The zero-order valence-electron chi connectivity index (χ0n) is 14.1. The van der Waals surface area contributed by atoms with Gasteiger partial charge in [0.25, 0.3) is 5.56 Å². The molecule has 0 radical (unpaired) electrons. The van der Waals surface area contributed by atoms with E-state index in [2.05, 4.69) is 14.9 Å². The van der Waals surface area contributed by atoms with Crippen molar-refractivity contribution in [2.75, 3.05) is 18.0 Å². The molecule has 0 spiro atoms. The molecular weight excluding hydrogens is 336 g/mol. The molecule has 5 nitrogen and oxygen atoms in total. The lowest BCUT2D eigenvalue weighted by atomic mass is 10.1. The predicted octanol–water partition coefficient (Wildman–Crippen LogP) is 3.73. The lowest BCUT2D eigenvalue weighted by molar-refractivity contribution is 0.569. The molecule has 0 bridgehead atoms. The van der Waals surface area contributed by atoms with E-state index < -0.39 is 0 Å². The summed E-state index contributed by atoms with van der Waals surface area (Å²) >= 11 is 6.20. The first-order chi connectivity index (χ1) is 12.1. The molecule has 3 heterocycles. The summed E-state index contributed by atoms with van der Waals surface area (Å²) in [5.74, 6) is 0.711. The van der Waals surface area contributed by atoms with Crippen LogP contribution in [0.4, 0.5) is 5.95 Å². The van der Waals surface area contributed by atoms with Crippen LogP contribution in [0.15, 0.2) is 41.5 Å². The van der Waals surface area contributed by atoms with E-state index in [1.807, 2.05) is 31.2 Å². The minimum absolute atomic E-state index is 0.131. The highest BCUT2D eigenvalue weighted by Gasteiger charge is 2.15. The fourth-order valence-corrected chi connectivity index (χ4v) is 3.48. The molecule has 1 aliphatic heterocycles. The summed E-state index contributed by atoms with van der Waals surface area (Å²) in [6.07, 6.45) is 6.99. The SMILES string of the molecule is Cc1c(Cl)cccc1-n1ccc2nc(N3CCCCC3)ncc2c1=O. The second kappa shape index (κ2) is 6.48. The largest absolute Gasteiger partial charge is 0.341 e. The maximum Gasteiger partial charge on any atom is 0.266 e. The first-order valence-corrected chi connectivity index (χ1v) is 8.92. The fourth-order valence-electron chi connectivity index (χ4n) is 3.31. The third-order valence-electron chi connectivity index (χ3n) is 4.77. The molecule has 0 aliphatic carbocycles. The number of fused-ring (bicyclic) bond motifs is 1. The van der Waals surface area contributed by atoms with Crippen molar-refractivity contribution in [2.24, 2.45) is 0 Å². The van der Waals surface area contributed by atoms with Crippen molar-refractivity contribution >= 4 is 28.5 Å². The quantitative estimate of drug-likeness (QED) is 0.703. The second-order valence-electron chi connectivity index (χ2n) is 6.39. The highest BCUT2D eigenvalue weighted by Crippen LogP contribution is 2.22. The first kappa shape index (κ1) is 16.1. The van der Waals surface area contributed by atoms with Gasteiger partial charge in [-0.15, -0.1) is 0 Å². The van der Waals surface area contributed by atoms with E-state index in [9.17, 15) is 4.79 Å². The van der Waals surface area contributed by atoms with Crippen molar-refractivity contribution in [2.45, 2.75) is 26.2 Å². The standard InChI is InChI=1S/C19H19ClN4O/c1-13-15(20)6-5-7-17(13)24-11-8-16-14(18(24)25)12-21-19(22-16)23-9-3-2-4-10-23/h5-8,11-12H,2-4,9-10H2,1H3. The molecular formula is C19H19ClN4O. The van der Waals surface area contributed by atoms with Crippen LogP contribution in [0, 0.1) is 6.92 Å². The highest BCUT2D eigenvalue weighted by molar-refractivity contribution is 6.31. The molecule has 128 valence electrons. The maximum atomic E-state index is 12.9. The van der Waals surface area contributed by atoms with Crippen LogP contribution in [-0.2, 0) is 0 Å². The summed E-state index contributed by atoms with van der Waals surface area (Å²) in [7, 11) is 0. The Hall–Kier alpha value is -2.40. The Balaban J connectivity index is 1.81. The molecule has 1 aromatic carbocycles. The van der Waals surface area contributed by atoms with Gasteiger partial charge in [0.15, 0.2) is 0 Å². The van der Waals surface area contributed by atoms with E-state index in [0.29, 0.717) is 21.9 Å². The van der Waals surface area contributed by atoms with Crippen LogP contribution in [0.1, 0.15) is 24.8 Å². The summed E-state index contributed by atoms with van der Waals surface area (Å²) in [5.41, 5.74) is 2.19. The molecule has 0 unspecified atom stereocenters. The van der Waals surface area contributed by atoms with E-state index in [1.165, 1.54) is 6.42 Å². The normalized spacial score (nSPS) is 14.9. The van der Waals surface area contributed by atoms with E-state index in [4.69, 9.17) is 11.6 Å². The molecule has 0 saturated carbocycles. The van der Waals surface area contributed by atoms with Crippen molar-refractivity contribution in [3.8, 4) is 5.69 Å². The van der Waals surface area contributed by atoms with Gasteiger partial charge < -0.3 is 4.90 Å². The van der Waals surface area contributed by atoms with Gasteiger partial charge in [-0.2, -0.15) is 0 Å². The first-order valence-electron chi connectivity index (χ1n) is 8.54. The average molecular weight is 355 g/mol. The number of halogens is 1. The number of anilines is 1. The van der Waals surface area contributed by atoms with Gasteiger partial charge in [0.1, 0.15) is 0 Å². The summed E-state index contributed by atoms with van der Waals surface area (Å²) < 4.78 is 1.60. The molecule has 1 fully saturated rings. The van der Waals surface area contributed by atoms with E-state index >= 15 is 0 Å². The van der Waals surface area contributed by atoms with Crippen molar-refractivity contribution in [1.82, 2.24) is 14.5 Å². The Kier molecular flexibility index (Phi) is 4.17. The zero-order valence-corrected chi connectivity index (χ0v) is 14.8. The molecule has 25 heavy (non-hydrogen) atoms. The van der Waals surface area contributed by atoms with E-state index in [-0.39, 0.29) is 5.56 Å². The highest BCUT2D eigenvalue weighted by atomic mass is 35.5. The van der Waals surface area contributed by atoms with Crippen LogP contribution in [0.25, 0.3) is 16.6 Å². The molecule has 0 N–H and O–H groups in total. The van der Waals surface area contributed by atoms with Crippen LogP contribution < -0.4 is 10.5 Å². The van der Waals surface area contributed by atoms with E-state index in [0.717, 1.165) is 37.2 Å². The predicted molar refractivity (Wildman–Crippen MR) is 101 cm³/mol. The van der Waals surface area contributed by atoms with Crippen molar-refractivity contribution < 1.29 is 0 Å². The number of rotatable bonds is 2. The number of aromatic nitrogens is 3. The van der Waals surface area contributed by atoms with Gasteiger partial charge in [-0.25, -0.2) is 9.97 Å². The summed E-state index contributed by atoms with van der Waals surface area (Å²) in [6.45, 7) is 3.86. The third kappa shape index (κ3) is 2.89. The lowest BCUT2D eigenvalue weighted by Crippen LogP contribution is -2.31. The minimum Gasteiger partial charge on any atom is -0.341 e. The molecule has 3 aromatic rings. The monoisotopic (exact) mass is 354 g/mol. The van der Waals surface area contributed by atoms with Gasteiger partial charge in [0.2, 0.25) is 5.95 Å². The second-order valence-corrected chi connectivity index (χ2v) is 6.80. The lowest BCUT2D eigenvalue weighted by Gasteiger charge is -2.26. The third-order valence-corrected chi connectivity index (χ3v) is 5.18. The Morgan fingerprint density at radius 1 is 1.12 bits per heavy atom. The Bertz CT molecular complexity index is 992. The minimum atomic E-state index is -0.131. The number of pyridine rings is 1. The molecule has 1 aliphatic rings. The maximum absolute atomic E-state index is 12.9. The number of piperidine rings is 1. The summed E-state index contributed by atoms with van der Waals surface area (Å²) in [5, 5.41) is 1.16. The van der Waals surface area contributed by atoms with Crippen molar-refractivity contribution in [1.29, 1.82) is 0 Å². The smallest absolute Gasteiger partial charge is 0.266 e. The van der Waals surface area contributed by atoms with Crippen LogP contribution in [-0.4, -0.2) is 27.6 Å². The van der Waals surface area contributed by atoms with Crippen LogP contribution in [0.3, 0.4) is 0 Å². The topological polar surface area (TPSA) is 51.0 Å². The summed E-state index contributed by atoms with van der Waals surface area (Å²) in [4.78, 5) is 24.1. The number of benzene rings is 1. The van der Waals surface area contributed by atoms with Crippen LogP contribution in [0.2, 0.25) is 5.02 Å². The summed E-state index contributed by atoms with van der Waals surface area (Å²) in [6, 6.07) is 7.42. The number of hydrogen-bond acceptors (Lipinski definition) is 4. The molecule has 0 amide bonds. The van der Waals surface area contributed by atoms with Gasteiger partial charge in [-0.05, 0) is 49.9 Å². The molecule has 1 saturated heterocycles.